The highest BCUT2D eigenvalue weighted by Crippen LogP contribution is 2.15. The number of anilines is 2. The number of nitrogens with one attached hydrogen (secondary N) is 2. The van der Waals surface area contributed by atoms with Crippen molar-refractivity contribution in [1.82, 2.24) is 14.9 Å². The van der Waals surface area contributed by atoms with Crippen LogP contribution in [0.4, 0.5) is 11.5 Å². The Morgan fingerprint density at radius 3 is 2.50 bits per heavy atom. The van der Waals surface area contributed by atoms with Gasteiger partial charge in [0.2, 0.25) is 10.0 Å². The maximum atomic E-state index is 12.2. The Kier molecular flexibility index (Phi) is 5.93. The number of hydrogen-bond acceptors (Lipinski definition) is 7. The smallest absolute Gasteiger partial charge is 0.240 e. The topological polar surface area (TPSA) is 96.5 Å². The lowest BCUT2D eigenvalue weighted by molar-refractivity contribution is 0.414. The van der Waals surface area contributed by atoms with Gasteiger partial charge in [0.05, 0.1) is 23.9 Å². The predicted molar refractivity (Wildman–Crippen MR) is 93.0 cm³/mol. The van der Waals surface area contributed by atoms with Crippen molar-refractivity contribution in [3.05, 3.63) is 36.5 Å². The Morgan fingerprint density at radius 2 is 1.88 bits per heavy atom. The van der Waals surface area contributed by atoms with Gasteiger partial charge in [-0.3, -0.25) is 0 Å². The van der Waals surface area contributed by atoms with Crippen molar-refractivity contribution in [2.75, 3.05) is 44.5 Å². The zero-order valence-corrected chi connectivity index (χ0v) is 14.7. The Balaban J connectivity index is 1.87. The van der Waals surface area contributed by atoms with Crippen LogP contribution < -0.4 is 19.7 Å². The minimum Gasteiger partial charge on any atom is -0.497 e. The average Bonchev–Trinajstić information content (AvgIpc) is 2.59. The minimum absolute atomic E-state index is 0.192. The first-order chi connectivity index (χ1) is 11.4. The molecule has 0 fully saturated rings. The fourth-order valence-electron chi connectivity index (χ4n) is 1.90. The van der Waals surface area contributed by atoms with Crippen LogP contribution in [0.3, 0.4) is 0 Å². The number of aromatic nitrogens is 2. The van der Waals surface area contributed by atoms with Crippen LogP contribution >= 0.6 is 0 Å². The summed E-state index contributed by atoms with van der Waals surface area (Å²) in [5.41, 5.74) is 0.909. The van der Waals surface area contributed by atoms with E-state index in [0.717, 1.165) is 5.69 Å². The van der Waals surface area contributed by atoms with Crippen molar-refractivity contribution >= 4 is 21.5 Å². The fraction of sp³-hybridized carbons (Fsp3) is 0.333. The summed E-state index contributed by atoms with van der Waals surface area (Å²) >= 11 is 0. The Morgan fingerprint density at radius 1 is 1.17 bits per heavy atom. The van der Waals surface area contributed by atoms with Gasteiger partial charge in [0.15, 0.2) is 5.82 Å². The van der Waals surface area contributed by atoms with Crippen molar-refractivity contribution in [2.45, 2.75) is 4.90 Å². The van der Waals surface area contributed by atoms with Gasteiger partial charge in [-0.15, -0.1) is 5.10 Å². The molecule has 1 aromatic carbocycles. The summed E-state index contributed by atoms with van der Waals surface area (Å²) in [6, 6.07) is 8.05. The molecule has 1 aromatic heterocycles. The van der Waals surface area contributed by atoms with E-state index in [2.05, 4.69) is 20.2 Å². The van der Waals surface area contributed by atoms with E-state index < -0.39 is 10.0 Å². The summed E-state index contributed by atoms with van der Waals surface area (Å²) in [6.45, 7) is 0.614. The molecule has 0 bridgehead atoms. The summed E-state index contributed by atoms with van der Waals surface area (Å²) < 4.78 is 31.9. The van der Waals surface area contributed by atoms with Crippen molar-refractivity contribution < 1.29 is 13.2 Å². The number of nitrogens with zero attached hydrogens (tertiary/aromatic N) is 3. The van der Waals surface area contributed by atoms with Crippen LogP contribution in [0.25, 0.3) is 0 Å². The third-order valence-corrected chi connectivity index (χ3v) is 4.73. The van der Waals surface area contributed by atoms with E-state index in [0.29, 0.717) is 18.1 Å². The molecule has 24 heavy (non-hydrogen) atoms. The van der Waals surface area contributed by atoms with Gasteiger partial charge in [0.1, 0.15) is 5.75 Å². The van der Waals surface area contributed by atoms with Crippen LogP contribution in [0, 0.1) is 0 Å². The van der Waals surface area contributed by atoms with E-state index in [1.54, 1.807) is 18.3 Å². The molecular formula is C15H21N5O3S. The van der Waals surface area contributed by atoms with Crippen LogP contribution in [0.15, 0.2) is 41.4 Å². The van der Waals surface area contributed by atoms with Crippen molar-refractivity contribution in [3.8, 4) is 5.75 Å². The van der Waals surface area contributed by atoms with Crippen molar-refractivity contribution in [2.24, 2.45) is 0 Å². The quantitative estimate of drug-likeness (QED) is 0.683. The van der Waals surface area contributed by atoms with Gasteiger partial charge in [0, 0.05) is 33.3 Å². The SMILES string of the molecule is COc1ccc(S(=O)(=O)NCCNc2cc(N(C)C)cnn2)cc1. The Hall–Kier alpha value is -2.39. The molecule has 0 amide bonds. The second-order valence-electron chi connectivity index (χ2n) is 5.19. The zero-order valence-electron chi connectivity index (χ0n) is 13.9. The Labute approximate surface area is 141 Å². The summed E-state index contributed by atoms with van der Waals surface area (Å²) in [7, 11) is 1.79. The predicted octanol–water partition coefficient (Wildman–Crippen LogP) is 0.942. The van der Waals surface area contributed by atoms with Gasteiger partial charge in [-0.2, -0.15) is 5.10 Å². The molecule has 0 aliphatic rings. The molecule has 2 N–H and O–H groups in total. The molecule has 0 saturated heterocycles. The van der Waals surface area contributed by atoms with Crippen LogP contribution in [-0.2, 0) is 10.0 Å². The first-order valence-corrected chi connectivity index (χ1v) is 8.78. The van der Waals surface area contributed by atoms with Gasteiger partial charge in [-0.1, -0.05) is 0 Å². The molecule has 0 saturated carbocycles. The molecule has 8 nitrogen and oxygen atoms in total. The maximum Gasteiger partial charge on any atom is 0.240 e. The van der Waals surface area contributed by atoms with E-state index in [1.165, 1.54) is 19.2 Å². The minimum atomic E-state index is -3.55. The van der Waals surface area contributed by atoms with E-state index in [9.17, 15) is 8.42 Å². The molecule has 0 atom stereocenters. The number of hydrogen-bond donors (Lipinski definition) is 2. The number of methoxy groups -OCH3 is 1. The molecule has 0 aliphatic heterocycles. The van der Waals surface area contributed by atoms with E-state index >= 15 is 0 Å². The monoisotopic (exact) mass is 351 g/mol. The number of benzene rings is 1. The summed E-state index contributed by atoms with van der Waals surface area (Å²) in [6.07, 6.45) is 1.65. The fourth-order valence-corrected chi connectivity index (χ4v) is 2.93. The van der Waals surface area contributed by atoms with E-state index in [1.807, 2.05) is 25.1 Å². The third kappa shape index (κ3) is 4.80. The molecule has 0 unspecified atom stereocenters. The normalized spacial score (nSPS) is 11.1. The highest BCUT2D eigenvalue weighted by atomic mass is 32.2. The molecule has 9 heteroatoms. The lowest BCUT2D eigenvalue weighted by Gasteiger charge is -2.13. The van der Waals surface area contributed by atoms with E-state index in [4.69, 9.17) is 4.74 Å². The van der Waals surface area contributed by atoms with Gasteiger partial charge in [0.25, 0.3) is 0 Å². The highest BCUT2D eigenvalue weighted by molar-refractivity contribution is 7.89. The lowest BCUT2D eigenvalue weighted by atomic mass is 10.3. The lowest BCUT2D eigenvalue weighted by Crippen LogP contribution is -2.29. The molecule has 0 spiro atoms. The number of ether oxygens (including phenoxy) is 1. The standard InChI is InChI=1S/C15H21N5O3S/c1-20(2)12-10-15(19-17-11-12)16-8-9-18-24(21,22)14-6-4-13(23-3)5-7-14/h4-7,10-11,18H,8-9H2,1-3H3,(H,16,19). The second-order valence-corrected chi connectivity index (χ2v) is 6.96. The zero-order chi connectivity index (χ0) is 17.6. The van der Waals surface area contributed by atoms with Gasteiger partial charge in [-0.25, -0.2) is 13.1 Å². The van der Waals surface area contributed by atoms with Crippen LogP contribution in [0.2, 0.25) is 0 Å². The molecule has 2 aromatic rings. The van der Waals surface area contributed by atoms with Gasteiger partial charge < -0.3 is 15.0 Å². The molecular weight excluding hydrogens is 330 g/mol. The van der Waals surface area contributed by atoms with Crippen molar-refractivity contribution in [3.63, 3.8) is 0 Å². The first kappa shape index (κ1) is 18.0. The third-order valence-electron chi connectivity index (χ3n) is 3.25. The number of rotatable bonds is 8. The Bertz CT molecular complexity index is 763. The highest BCUT2D eigenvalue weighted by Gasteiger charge is 2.13. The van der Waals surface area contributed by atoms with E-state index in [-0.39, 0.29) is 11.4 Å². The summed E-state index contributed by atoms with van der Waals surface area (Å²) in [5, 5.41) is 10.9. The van der Waals surface area contributed by atoms with Gasteiger partial charge >= 0.3 is 0 Å². The second kappa shape index (κ2) is 7.93. The maximum absolute atomic E-state index is 12.2. The summed E-state index contributed by atoms with van der Waals surface area (Å²) in [4.78, 5) is 2.10. The molecule has 1 heterocycles. The molecule has 2 rings (SSSR count). The largest absolute Gasteiger partial charge is 0.497 e. The van der Waals surface area contributed by atoms with Crippen molar-refractivity contribution in [1.29, 1.82) is 0 Å². The van der Waals surface area contributed by atoms with Crippen LogP contribution in [0.5, 0.6) is 5.75 Å². The molecule has 0 radical (unpaired) electrons. The number of sulfonamides is 1. The average molecular weight is 351 g/mol. The van der Waals surface area contributed by atoms with Crippen LogP contribution in [-0.4, -0.2) is 52.9 Å². The summed E-state index contributed by atoms with van der Waals surface area (Å²) in [5.74, 6) is 1.19. The van der Waals surface area contributed by atoms with Crippen LogP contribution in [0.1, 0.15) is 0 Å². The van der Waals surface area contributed by atoms with Gasteiger partial charge in [-0.05, 0) is 24.3 Å². The first-order valence-electron chi connectivity index (χ1n) is 7.30. The molecule has 0 aliphatic carbocycles. The molecule has 130 valence electrons.